The van der Waals surface area contributed by atoms with E-state index in [9.17, 15) is 4.79 Å². The third-order valence-corrected chi connectivity index (χ3v) is 2.87. The van der Waals surface area contributed by atoms with Crippen molar-refractivity contribution < 1.29 is 4.79 Å². The highest BCUT2D eigenvalue weighted by Gasteiger charge is 2.20. The SMILES string of the molecule is CCc1nc(Cl)cc(C(=O)N2CCNCC2)n1. The van der Waals surface area contributed by atoms with Crippen molar-refractivity contribution in [3.05, 3.63) is 22.7 Å². The van der Waals surface area contributed by atoms with Gasteiger partial charge in [0.25, 0.3) is 5.91 Å². The average Bonchev–Trinajstić information content (AvgIpc) is 2.38. The second kappa shape index (κ2) is 5.42. The van der Waals surface area contributed by atoms with Crippen molar-refractivity contribution in [2.75, 3.05) is 26.2 Å². The third-order valence-electron chi connectivity index (χ3n) is 2.68. The van der Waals surface area contributed by atoms with E-state index in [1.54, 1.807) is 4.90 Å². The number of aromatic nitrogens is 2. The van der Waals surface area contributed by atoms with E-state index < -0.39 is 0 Å². The Balaban J connectivity index is 2.20. The maximum atomic E-state index is 12.2. The smallest absolute Gasteiger partial charge is 0.272 e. The zero-order valence-corrected chi connectivity index (χ0v) is 10.5. The number of nitrogens with one attached hydrogen (secondary N) is 1. The van der Waals surface area contributed by atoms with Gasteiger partial charge in [-0.1, -0.05) is 18.5 Å². The van der Waals surface area contributed by atoms with E-state index >= 15 is 0 Å². The Kier molecular flexibility index (Phi) is 3.91. The van der Waals surface area contributed by atoms with Gasteiger partial charge in [-0.25, -0.2) is 9.97 Å². The summed E-state index contributed by atoms with van der Waals surface area (Å²) < 4.78 is 0. The first kappa shape index (κ1) is 12.3. The molecule has 5 nitrogen and oxygen atoms in total. The normalized spacial score (nSPS) is 16.0. The molecule has 1 amide bonds. The summed E-state index contributed by atoms with van der Waals surface area (Å²) >= 11 is 5.88. The van der Waals surface area contributed by atoms with Gasteiger partial charge in [-0.2, -0.15) is 0 Å². The van der Waals surface area contributed by atoms with Crippen LogP contribution in [0.2, 0.25) is 5.15 Å². The molecule has 0 bridgehead atoms. The molecule has 2 heterocycles. The van der Waals surface area contributed by atoms with Crippen LogP contribution in [0.1, 0.15) is 23.2 Å². The van der Waals surface area contributed by atoms with Gasteiger partial charge < -0.3 is 10.2 Å². The summed E-state index contributed by atoms with van der Waals surface area (Å²) in [6.45, 7) is 5.00. The molecule has 0 aliphatic carbocycles. The lowest BCUT2D eigenvalue weighted by atomic mass is 10.3. The van der Waals surface area contributed by atoms with Crippen LogP contribution in [-0.2, 0) is 6.42 Å². The minimum absolute atomic E-state index is 0.0644. The second-order valence-electron chi connectivity index (χ2n) is 3.89. The molecular formula is C11H15ClN4O. The molecule has 0 saturated carbocycles. The van der Waals surface area contributed by atoms with Gasteiger partial charge in [0, 0.05) is 38.7 Å². The number of hydrogen-bond acceptors (Lipinski definition) is 4. The highest BCUT2D eigenvalue weighted by Crippen LogP contribution is 2.10. The Bertz CT molecular complexity index is 418. The number of hydrogen-bond donors (Lipinski definition) is 1. The minimum atomic E-state index is -0.0644. The fourth-order valence-electron chi connectivity index (χ4n) is 1.76. The highest BCUT2D eigenvalue weighted by molar-refractivity contribution is 6.29. The Hall–Kier alpha value is -1.20. The molecule has 1 aliphatic rings. The summed E-state index contributed by atoms with van der Waals surface area (Å²) in [5.74, 6) is 0.543. The number of piperazine rings is 1. The van der Waals surface area contributed by atoms with E-state index in [0.29, 0.717) is 36.2 Å². The first-order chi connectivity index (χ1) is 8.20. The summed E-state index contributed by atoms with van der Waals surface area (Å²) in [5, 5.41) is 3.53. The molecular weight excluding hydrogens is 240 g/mol. The summed E-state index contributed by atoms with van der Waals surface area (Å²) in [7, 11) is 0. The van der Waals surface area contributed by atoms with Crippen LogP contribution < -0.4 is 5.32 Å². The molecule has 0 unspecified atom stereocenters. The van der Waals surface area contributed by atoms with Crippen LogP contribution in [0.3, 0.4) is 0 Å². The van der Waals surface area contributed by atoms with Crippen LogP contribution in [0.4, 0.5) is 0 Å². The predicted octanol–water partition coefficient (Wildman–Crippen LogP) is 0.738. The van der Waals surface area contributed by atoms with Gasteiger partial charge in [0.2, 0.25) is 0 Å². The van der Waals surface area contributed by atoms with Crippen LogP contribution >= 0.6 is 11.6 Å². The maximum Gasteiger partial charge on any atom is 0.272 e. The lowest BCUT2D eigenvalue weighted by molar-refractivity contribution is 0.0729. The second-order valence-corrected chi connectivity index (χ2v) is 4.28. The molecule has 1 fully saturated rings. The van der Waals surface area contributed by atoms with Gasteiger partial charge in [-0.3, -0.25) is 4.79 Å². The van der Waals surface area contributed by atoms with Crippen LogP contribution in [0, 0.1) is 0 Å². The average molecular weight is 255 g/mol. The monoisotopic (exact) mass is 254 g/mol. The first-order valence-electron chi connectivity index (χ1n) is 5.74. The van der Waals surface area contributed by atoms with E-state index in [2.05, 4.69) is 15.3 Å². The molecule has 1 saturated heterocycles. The fourth-order valence-corrected chi connectivity index (χ4v) is 1.96. The number of carbonyl (C=O) groups excluding carboxylic acids is 1. The van der Waals surface area contributed by atoms with E-state index in [0.717, 1.165) is 13.1 Å². The zero-order chi connectivity index (χ0) is 12.3. The molecule has 0 spiro atoms. The van der Waals surface area contributed by atoms with Gasteiger partial charge >= 0.3 is 0 Å². The van der Waals surface area contributed by atoms with Crippen LogP contribution in [-0.4, -0.2) is 47.0 Å². The largest absolute Gasteiger partial charge is 0.335 e. The summed E-state index contributed by atoms with van der Waals surface area (Å²) in [6, 6.07) is 1.53. The molecule has 0 aromatic carbocycles. The minimum Gasteiger partial charge on any atom is -0.335 e. The molecule has 2 rings (SSSR count). The van der Waals surface area contributed by atoms with E-state index in [4.69, 9.17) is 11.6 Å². The predicted molar refractivity (Wildman–Crippen MR) is 65.2 cm³/mol. The number of halogens is 1. The highest BCUT2D eigenvalue weighted by atomic mass is 35.5. The van der Waals surface area contributed by atoms with Gasteiger partial charge in [0.05, 0.1) is 0 Å². The molecule has 1 N–H and O–H groups in total. The van der Waals surface area contributed by atoms with Crippen molar-refractivity contribution in [3.63, 3.8) is 0 Å². The molecule has 17 heavy (non-hydrogen) atoms. The number of aryl methyl sites for hydroxylation is 1. The van der Waals surface area contributed by atoms with E-state index in [1.165, 1.54) is 6.07 Å². The molecule has 1 aliphatic heterocycles. The van der Waals surface area contributed by atoms with Crippen molar-refractivity contribution in [1.29, 1.82) is 0 Å². The van der Waals surface area contributed by atoms with Crippen molar-refractivity contribution in [2.24, 2.45) is 0 Å². The van der Waals surface area contributed by atoms with E-state index in [-0.39, 0.29) is 5.91 Å². The standard InChI is InChI=1S/C11H15ClN4O/c1-2-10-14-8(7-9(12)15-10)11(17)16-5-3-13-4-6-16/h7,13H,2-6H2,1H3. The zero-order valence-electron chi connectivity index (χ0n) is 9.74. The van der Waals surface area contributed by atoms with Crippen molar-refractivity contribution >= 4 is 17.5 Å². The Morgan fingerprint density at radius 1 is 1.47 bits per heavy atom. The quantitative estimate of drug-likeness (QED) is 0.791. The summed E-state index contributed by atoms with van der Waals surface area (Å²) in [6.07, 6.45) is 0.669. The lowest BCUT2D eigenvalue weighted by Crippen LogP contribution is -2.46. The summed E-state index contributed by atoms with van der Waals surface area (Å²) in [4.78, 5) is 22.2. The Morgan fingerprint density at radius 2 is 2.18 bits per heavy atom. The van der Waals surface area contributed by atoms with E-state index in [1.807, 2.05) is 6.92 Å². The molecule has 6 heteroatoms. The summed E-state index contributed by atoms with van der Waals surface area (Å²) in [5.41, 5.74) is 0.392. The van der Waals surface area contributed by atoms with Gasteiger partial charge in [0.1, 0.15) is 16.7 Å². The first-order valence-corrected chi connectivity index (χ1v) is 6.12. The molecule has 1 aromatic rings. The number of nitrogens with zero attached hydrogens (tertiary/aromatic N) is 3. The number of rotatable bonds is 2. The van der Waals surface area contributed by atoms with Gasteiger partial charge in [0.15, 0.2) is 0 Å². The maximum absolute atomic E-state index is 12.2. The Labute approximate surface area is 105 Å². The molecule has 1 aromatic heterocycles. The number of carbonyl (C=O) groups is 1. The molecule has 92 valence electrons. The topological polar surface area (TPSA) is 58.1 Å². The van der Waals surface area contributed by atoms with Crippen molar-refractivity contribution in [3.8, 4) is 0 Å². The molecule has 0 radical (unpaired) electrons. The van der Waals surface area contributed by atoms with Crippen molar-refractivity contribution in [1.82, 2.24) is 20.2 Å². The van der Waals surface area contributed by atoms with Crippen molar-refractivity contribution in [2.45, 2.75) is 13.3 Å². The van der Waals surface area contributed by atoms with Gasteiger partial charge in [-0.15, -0.1) is 0 Å². The van der Waals surface area contributed by atoms with Crippen LogP contribution in [0.5, 0.6) is 0 Å². The lowest BCUT2D eigenvalue weighted by Gasteiger charge is -2.27. The fraction of sp³-hybridized carbons (Fsp3) is 0.545. The third kappa shape index (κ3) is 2.92. The van der Waals surface area contributed by atoms with Gasteiger partial charge in [-0.05, 0) is 0 Å². The molecule has 0 atom stereocenters. The number of amides is 1. The Morgan fingerprint density at radius 3 is 2.82 bits per heavy atom. The van der Waals surface area contributed by atoms with Crippen LogP contribution in [0.15, 0.2) is 6.07 Å². The van der Waals surface area contributed by atoms with Crippen LogP contribution in [0.25, 0.3) is 0 Å².